The van der Waals surface area contributed by atoms with Crippen LogP contribution in [-0.4, -0.2) is 12.7 Å². The Morgan fingerprint density at radius 3 is 2.64 bits per heavy atom. The Morgan fingerprint density at radius 2 is 2.00 bits per heavy atom. The molecular weight excluding hydrogens is 363 g/mol. The molecular formula is C17H22Cl2N4O2. The highest BCUT2D eigenvalue weighted by atomic mass is 35.5. The molecule has 0 saturated heterocycles. The molecule has 0 saturated carbocycles. The first-order valence-corrected chi connectivity index (χ1v) is 8.03. The molecule has 1 aromatic heterocycles. The number of ether oxygens (including phenoxy) is 1. The van der Waals surface area contributed by atoms with Crippen molar-refractivity contribution < 1.29 is 26.9 Å². The monoisotopic (exact) mass is 384 g/mol. The molecule has 1 aromatic carbocycles. The number of anilines is 3. The zero-order valence-electron chi connectivity index (χ0n) is 14.4. The average Bonchev–Trinajstić information content (AvgIpc) is 2.52. The van der Waals surface area contributed by atoms with Crippen molar-refractivity contribution in [3.63, 3.8) is 0 Å². The number of H-pyrrole nitrogens is 1. The van der Waals surface area contributed by atoms with Crippen LogP contribution in [0.5, 0.6) is 0 Å². The highest BCUT2D eigenvalue weighted by Gasteiger charge is 2.11. The zero-order chi connectivity index (χ0) is 17.7. The number of aromatic amines is 1. The Bertz CT molecular complexity index is 754. The summed E-state index contributed by atoms with van der Waals surface area (Å²) in [7, 11) is 0. The number of aryl methyl sites for hydroxylation is 2. The summed E-state index contributed by atoms with van der Waals surface area (Å²) in [4.78, 5) is 14.4. The maximum atomic E-state index is 11.4. The van der Waals surface area contributed by atoms with Crippen LogP contribution in [-0.2, 0) is 11.3 Å². The summed E-state index contributed by atoms with van der Waals surface area (Å²) >= 11 is 6.18. The van der Waals surface area contributed by atoms with Crippen molar-refractivity contribution in [1.29, 1.82) is 0 Å². The van der Waals surface area contributed by atoms with Crippen LogP contribution in [0.2, 0.25) is 5.02 Å². The van der Waals surface area contributed by atoms with Gasteiger partial charge < -0.3 is 28.2 Å². The minimum absolute atomic E-state index is 0. The van der Waals surface area contributed by atoms with E-state index in [0.717, 1.165) is 27.5 Å². The number of hydrogen-bond acceptors (Lipinski definition) is 4. The average molecular weight is 385 g/mol. The van der Waals surface area contributed by atoms with Crippen molar-refractivity contribution in [2.75, 3.05) is 23.0 Å². The number of nitrogens with two attached hydrogens (primary N) is 1. The summed E-state index contributed by atoms with van der Waals surface area (Å²) < 4.78 is 4.82. The van der Waals surface area contributed by atoms with E-state index in [1.165, 1.54) is 0 Å². The van der Waals surface area contributed by atoms with Crippen LogP contribution in [0.3, 0.4) is 0 Å². The van der Waals surface area contributed by atoms with Gasteiger partial charge in [0, 0.05) is 11.1 Å². The van der Waals surface area contributed by atoms with Gasteiger partial charge in [0.15, 0.2) is 0 Å². The second-order valence-corrected chi connectivity index (χ2v) is 5.83. The molecule has 0 atom stereocenters. The third kappa shape index (κ3) is 5.69. The molecule has 136 valence electrons. The maximum absolute atomic E-state index is 11.4. The van der Waals surface area contributed by atoms with Crippen molar-refractivity contribution in [1.82, 2.24) is 0 Å². The number of aromatic nitrogens is 1. The summed E-state index contributed by atoms with van der Waals surface area (Å²) in [6, 6.07) is 7.52. The number of rotatable bonds is 5. The quantitative estimate of drug-likeness (QED) is 0.701. The predicted octanol–water partition coefficient (Wildman–Crippen LogP) is 0.538. The molecule has 0 aliphatic heterocycles. The van der Waals surface area contributed by atoms with Crippen LogP contribution >= 0.6 is 11.6 Å². The summed E-state index contributed by atoms with van der Waals surface area (Å²) in [6.07, 6.45) is -0.539. The first kappa shape index (κ1) is 20.9. The molecule has 8 heteroatoms. The highest BCUT2D eigenvalue weighted by molar-refractivity contribution is 6.31. The fourth-order valence-corrected chi connectivity index (χ4v) is 2.43. The fraction of sp³-hybridized carbons (Fsp3) is 0.294. The summed E-state index contributed by atoms with van der Waals surface area (Å²) in [6.45, 7) is 6.67. The number of carbonyl (C=O) groups is 1. The topological polar surface area (TPSA) is 90.5 Å². The van der Waals surface area contributed by atoms with Crippen LogP contribution < -0.4 is 33.8 Å². The van der Waals surface area contributed by atoms with E-state index in [-0.39, 0.29) is 12.4 Å². The van der Waals surface area contributed by atoms with Gasteiger partial charge in [0.25, 0.3) is 0 Å². The predicted molar refractivity (Wildman–Crippen MR) is 96.3 cm³/mol. The number of carbonyl (C=O) groups excluding carboxylic acids is 1. The molecule has 2 aromatic rings. The van der Waals surface area contributed by atoms with Gasteiger partial charge in [-0.3, -0.25) is 5.32 Å². The minimum atomic E-state index is -0.539. The van der Waals surface area contributed by atoms with Gasteiger partial charge in [-0.1, -0.05) is 17.7 Å². The molecule has 0 aliphatic rings. The van der Waals surface area contributed by atoms with Crippen molar-refractivity contribution in [3.05, 3.63) is 46.0 Å². The molecule has 0 radical (unpaired) electrons. The number of halogens is 2. The highest BCUT2D eigenvalue weighted by Crippen LogP contribution is 2.21. The Labute approximate surface area is 158 Å². The smallest absolute Gasteiger partial charge is 0.411 e. The molecule has 25 heavy (non-hydrogen) atoms. The lowest BCUT2D eigenvalue weighted by Gasteiger charge is -2.10. The van der Waals surface area contributed by atoms with Gasteiger partial charge in [-0.05, 0) is 49.6 Å². The van der Waals surface area contributed by atoms with Crippen molar-refractivity contribution in [3.8, 4) is 0 Å². The van der Waals surface area contributed by atoms with E-state index in [2.05, 4.69) is 21.7 Å². The van der Waals surface area contributed by atoms with Gasteiger partial charge in [0.2, 0.25) is 11.6 Å². The second-order valence-electron chi connectivity index (χ2n) is 5.43. The lowest BCUT2D eigenvalue weighted by molar-refractivity contribution is -0.342. The van der Waals surface area contributed by atoms with Crippen LogP contribution in [0.4, 0.5) is 22.1 Å². The molecule has 0 spiro atoms. The number of pyridine rings is 1. The molecule has 0 fully saturated rings. The summed E-state index contributed by atoms with van der Waals surface area (Å²) in [5, 5.41) is 6.57. The van der Waals surface area contributed by atoms with Gasteiger partial charge in [-0.2, -0.15) is 0 Å². The first-order valence-electron chi connectivity index (χ1n) is 7.65. The van der Waals surface area contributed by atoms with Gasteiger partial charge in [0.05, 0.1) is 13.2 Å². The summed E-state index contributed by atoms with van der Waals surface area (Å²) in [5.41, 5.74) is 9.71. The Hall–Kier alpha value is -2.18. The van der Waals surface area contributed by atoms with Crippen LogP contribution in [0.15, 0.2) is 24.3 Å². The number of benzene rings is 1. The minimum Gasteiger partial charge on any atom is -1.00 e. The van der Waals surface area contributed by atoms with E-state index >= 15 is 0 Å². The van der Waals surface area contributed by atoms with E-state index in [9.17, 15) is 4.79 Å². The third-order valence-electron chi connectivity index (χ3n) is 3.57. The molecule has 0 bridgehead atoms. The van der Waals surface area contributed by atoms with Gasteiger partial charge >= 0.3 is 6.09 Å². The number of hydrogen-bond donors (Lipinski definition) is 3. The standard InChI is InChI=1S/C17H21ClN4O2.ClH/c1-4-24-17(23)21-14-5-6-15(22-16(14)19)20-9-12-8-13(18)11(3)7-10(12)2;/h5-8H,4,9H2,1-3H3,(H,21,23)(H3,19,20,22);1H. The van der Waals surface area contributed by atoms with Gasteiger partial charge in [-0.25, -0.2) is 9.78 Å². The third-order valence-corrected chi connectivity index (χ3v) is 3.98. The van der Waals surface area contributed by atoms with E-state index in [0.29, 0.717) is 24.7 Å². The summed E-state index contributed by atoms with van der Waals surface area (Å²) in [5.74, 6) is 1.07. The van der Waals surface area contributed by atoms with Crippen molar-refractivity contribution in [2.45, 2.75) is 27.3 Å². The normalized spacial score (nSPS) is 9.92. The number of nitrogen functional groups attached to an aromatic ring is 1. The molecule has 1 amide bonds. The first-order chi connectivity index (χ1) is 11.4. The lowest BCUT2D eigenvalue weighted by atomic mass is 10.1. The van der Waals surface area contributed by atoms with E-state index in [1.807, 2.05) is 19.9 Å². The molecule has 5 N–H and O–H groups in total. The number of nitrogens with one attached hydrogen (secondary N) is 3. The van der Waals surface area contributed by atoms with E-state index in [4.69, 9.17) is 22.1 Å². The number of amides is 1. The van der Waals surface area contributed by atoms with Crippen molar-refractivity contribution >= 4 is 35.0 Å². The zero-order valence-corrected chi connectivity index (χ0v) is 15.9. The van der Waals surface area contributed by atoms with Crippen LogP contribution in [0.1, 0.15) is 23.6 Å². The Kier molecular flexibility index (Phi) is 7.80. The Morgan fingerprint density at radius 1 is 1.28 bits per heavy atom. The lowest BCUT2D eigenvalue weighted by Crippen LogP contribution is -3.00. The SMILES string of the molecule is CCOC(=O)Nc1ccc(NCc2cc(Cl)c(C)cc2C)[nH+]c1N.[Cl-]. The molecule has 2 rings (SSSR count). The Balaban J connectivity index is 0.00000312. The second kappa shape index (κ2) is 9.34. The molecule has 6 nitrogen and oxygen atoms in total. The largest absolute Gasteiger partial charge is 1.00 e. The van der Waals surface area contributed by atoms with E-state index < -0.39 is 6.09 Å². The van der Waals surface area contributed by atoms with Crippen molar-refractivity contribution in [2.24, 2.45) is 0 Å². The maximum Gasteiger partial charge on any atom is 0.411 e. The molecule has 1 heterocycles. The molecule has 0 unspecified atom stereocenters. The van der Waals surface area contributed by atoms with Gasteiger partial charge in [0.1, 0.15) is 5.69 Å². The van der Waals surface area contributed by atoms with E-state index in [1.54, 1.807) is 19.1 Å². The fourth-order valence-electron chi connectivity index (χ4n) is 2.25. The van der Waals surface area contributed by atoms with Crippen LogP contribution in [0, 0.1) is 13.8 Å². The van der Waals surface area contributed by atoms with Crippen LogP contribution in [0.25, 0.3) is 0 Å². The molecule has 0 aliphatic carbocycles. The van der Waals surface area contributed by atoms with Gasteiger partial charge in [-0.15, -0.1) is 0 Å².